The number of nitrogens with one attached hydrogen (secondary N) is 1. The molecule has 1 rings (SSSR count). The zero-order valence-corrected chi connectivity index (χ0v) is 7.70. The molecular weight excluding hydrogens is 158 g/mol. The summed E-state index contributed by atoms with van der Waals surface area (Å²) in [6, 6.07) is 1.92. The lowest BCUT2D eigenvalue weighted by atomic mass is 10.4. The van der Waals surface area contributed by atoms with Crippen LogP contribution in [-0.4, -0.2) is 23.3 Å². The Balaban J connectivity index is 3.02. The van der Waals surface area contributed by atoms with Crippen LogP contribution in [0.1, 0.15) is 5.69 Å². The van der Waals surface area contributed by atoms with E-state index in [1.54, 1.807) is 11.8 Å². The van der Waals surface area contributed by atoms with Crippen LogP contribution in [-0.2, 0) is 0 Å². The molecule has 0 radical (unpaired) electrons. The van der Waals surface area contributed by atoms with Gasteiger partial charge in [-0.15, -0.1) is 0 Å². The zero-order valence-electron chi connectivity index (χ0n) is 6.88. The molecule has 0 spiro atoms. The molecule has 0 atom stereocenters. The molecule has 0 saturated heterocycles. The number of nitrogens with zero attached hydrogens (tertiary/aromatic N) is 2. The van der Waals surface area contributed by atoms with E-state index < -0.39 is 0 Å². The van der Waals surface area contributed by atoms with Crippen LogP contribution in [0.15, 0.2) is 11.2 Å². The quantitative estimate of drug-likeness (QED) is 0.538. The van der Waals surface area contributed by atoms with Gasteiger partial charge in [-0.05, 0) is 13.2 Å². The van der Waals surface area contributed by atoms with E-state index in [0.717, 1.165) is 16.7 Å². The highest BCUT2D eigenvalue weighted by atomic mass is 32.2. The molecule has 1 aromatic rings. The molecule has 3 nitrogen and oxygen atoms in total. The molecule has 0 unspecified atom stereocenters. The fourth-order valence-electron chi connectivity index (χ4n) is 0.761. The van der Waals surface area contributed by atoms with E-state index in [-0.39, 0.29) is 0 Å². The van der Waals surface area contributed by atoms with Crippen LogP contribution in [0.25, 0.3) is 0 Å². The van der Waals surface area contributed by atoms with Crippen molar-refractivity contribution >= 4 is 17.6 Å². The Morgan fingerprint density at radius 3 is 2.73 bits per heavy atom. The molecule has 0 saturated carbocycles. The van der Waals surface area contributed by atoms with Crippen LogP contribution in [0.5, 0.6) is 0 Å². The van der Waals surface area contributed by atoms with Crippen molar-refractivity contribution in [2.45, 2.75) is 12.1 Å². The van der Waals surface area contributed by atoms with Gasteiger partial charge in [-0.1, -0.05) is 11.8 Å². The molecule has 0 aliphatic carbocycles. The summed E-state index contributed by atoms with van der Waals surface area (Å²) in [4.78, 5) is 8.42. The summed E-state index contributed by atoms with van der Waals surface area (Å²) in [7, 11) is 1.85. The predicted molar refractivity (Wildman–Crippen MR) is 48.1 cm³/mol. The van der Waals surface area contributed by atoms with Gasteiger partial charge >= 0.3 is 0 Å². The minimum Gasteiger partial charge on any atom is -0.373 e. The van der Waals surface area contributed by atoms with Gasteiger partial charge in [-0.25, -0.2) is 9.97 Å². The minimum atomic E-state index is 0.814. The van der Waals surface area contributed by atoms with Gasteiger partial charge in [0.05, 0.1) is 0 Å². The van der Waals surface area contributed by atoms with Crippen LogP contribution in [0.3, 0.4) is 0 Å². The van der Waals surface area contributed by atoms with Gasteiger partial charge in [0, 0.05) is 18.8 Å². The first-order valence-electron chi connectivity index (χ1n) is 3.33. The van der Waals surface area contributed by atoms with Crippen molar-refractivity contribution in [2.75, 3.05) is 18.6 Å². The standard InChI is InChI=1S/C7H11N3S/c1-5-4-6(8-2)10-7(9-5)11-3/h4H,1-3H3,(H,8,9,10). The highest BCUT2D eigenvalue weighted by Gasteiger charge is 1.97. The highest BCUT2D eigenvalue weighted by Crippen LogP contribution is 2.12. The molecule has 0 amide bonds. The van der Waals surface area contributed by atoms with Crippen LogP contribution in [0.4, 0.5) is 5.82 Å². The van der Waals surface area contributed by atoms with Gasteiger partial charge in [0.25, 0.3) is 0 Å². The second-order valence-corrected chi connectivity index (χ2v) is 2.90. The Bertz CT molecular complexity index is 227. The first-order chi connectivity index (χ1) is 5.26. The maximum atomic E-state index is 4.21. The predicted octanol–water partition coefficient (Wildman–Crippen LogP) is 1.55. The SMILES string of the molecule is CNc1cc(C)nc(SC)n1. The first kappa shape index (κ1) is 8.33. The molecule has 11 heavy (non-hydrogen) atoms. The van der Waals surface area contributed by atoms with Gasteiger partial charge in [0.15, 0.2) is 5.16 Å². The van der Waals surface area contributed by atoms with E-state index in [0.29, 0.717) is 0 Å². The summed E-state index contributed by atoms with van der Waals surface area (Å²) in [5.74, 6) is 0.877. The molecule has 0 bridgehead atoms. The lowest BCUT2D eigenvalue weighted by molar-refractivity contribution is 0.938. The van der Waals surface area contributed by atoms with Crippen LogP contribution in [0, 0.1) is 6.92 Å². The van der Waals surface area contributed by atoms with E-state index in [1.807, 2.05) is 26.3 Å². The summed E-state index contributed by atoms with van der Waals surface area (Å²) >= 11 is 1.55. The average Bonchev–Trinajstić information content (AvgIpc) is 2.03. The van der Waals surface area contributed by atoms with Crippen molar-refractivity contribution < 1.29 is 0 Å². The third-order valence-corrected chi connectivity index (χ3v) is 1.82. The van der Waals surface area contributed by atoms with Crippen LogP contribution in [0.2, 0.25) is 0 Å². The lowest BCUT2D eigenvalue weighted by Crippen LogP contribution is -1.96. The molecule has 4 heteroatoms. The third-order valence-electron chi connectivity index (χ3n) is 1.27. The summed E-state index contributed by atoms with van der Waals surface area (Å²) in [6.07, 6.45) is 1.97. The summed E-state index contributed by atoms with van der Waals surface area (Å²) in [6.45, 7) is 1.96. The Hall–Kier alpha value is -0.770. The topological polar surface area (TPSA) is 37.8 Å². The van der Waals surface area contributed by atoms with Gasteiger partial charge < -0.3 is 5.32 Å². The summed E-state index contributed by atoms with van der Waals surface area (Å²) < 4.78 is 0. The maximum Gasteiger partial charge on any atom is 0.189 e. The smallest absolute Gasteiger partial charge is 0.189 e. The largest absolute Gasteiger partial charge is 0.373 e. The summed E-state index contributed by atoms with van der Waals surface area (Å²) in [5.41, 5.74) is 0.994. The average molecular weight is 169 g/mol. The number of hydrogen-bond acceptors (Lipinski definition) is 4. The summed E-state index contributed by atoms with van der Waals surface area (Å²) in [5, 5.41) is 3.79. The minimum absolute atomic E-state index is 0.814. The molecule has 0 fully saturated rings. The molecule has 60 valence electrons. The third kappa shape index (κ3) is 2.08. The van der Waals surface area contributed by atoms with Crippen molar-refractivity contribution in [1.29, 1.82) is 0 Å². The fraction of sp³-hybridized carbons (Fsp3) is 0.429. The second-order valence-electron chi connectivity index (χ2n) is 2.13. The molecule has 0 aliphatic rings. The van der Waals surface area contributed by atoms with Gasteiger partial charge in [0.2, 0.25) is 0 Å². The number of aryl methyl sites for hydroxylation is 1. The first-order valence-corrected chi connectivity index (χ1v) is 4.56. The van der Waals surface area contributed by atoms with E-state index in [2.05, 4.69) is 15.3 Å². The Morgan fingerprint density at radius 1 is 1.45 bits per heavy atom. The Morgan fingerprint density at radius 2 is 2.18 bits per heavy atom. The van der Waals surface area contributed by atoms with Crippen molar-refractivity contribution in [2.24, 2.45) is 0 Å². The van der Waals surface area contributed by atoms with Crippen LogP contribution >= 0.6 is 11.8 Å². The molecule has 1 aromatic heterocycles. The normalized spacial score (nSPS) is 9.73. The molecule has 0 aliphatic heterocycles. The van der Waals surface area contributed by atoms with E-state index in [1.165, 1.54) is 0 Å². The number of thioether (sulfide) groups is 1. The van der Waals surface area contributed by atoms with E-state index in [4.69, 9.17) is 0 Å². The molecule has 0 aromatic carbocycles. The maximum absolute atomic E-state index is 4.21. The molecular formula is C7H11N3S. The van der Waals surface area contributed by atoms with E-state index in [9.17, 15) is 0 Å². The second kappa shape index (κ2) is 3.57. The lowest BCUT2D eigenvalue weighted by Gasteiger charge is -2.01. The number of anilines is 1. The van der Waals surface area contributed by atoms with Gasteiger partial charge in [-0.2, -0.15) is 0 Å². The van der Waals surface area contributed by atoms with Crippen molar-refractivity contribution in [3.63, 3.8) is 0 Å². The fourth-order valence-corrected chi connectivity index (χ4v) is 1.19. The van der Waals surface area contributed by atoms with Crippen molar-refractivity contribution in [1.82, 2.24) is 9.97 Å². The molecule has 1 heterocycles. The monoisotopic (exact) mass is 169 g/mol. The van der Waals surface area contributed by atoms with Gasteiger partial charge in [0.1, 0.15) is 5.82 Å². The van der Waals surface area contributed by atoms with Crippen LogP contribution < -0.4 is 5.32 Å². The van der Waals surface area contributed by atoms with Gasteiger partial charge in [-0.3, -0.25) is 0 Å². The van der Waals surface area contributed by atoms with Crippen molar-refractivity contribution in [3.8, 4) is 0 Å². The number of hydrogen-bond donors (Lipinski definition) is 1. The van der Waals surface area contributed by atoms with E-state index >= 15 is 0 Å². The molecule has 1 N–H and O–H groups in total. The number of aromatic nitrogens is 2. The van der Waals surface area contributed by atoms with Crippen molar-refractivity contribution in [3.05, 3.63) is 11.8 Å². The Kier molecular flexibility index (Phi) is 2.70. The Labute approximate surface area is 70.6 Å². The number of rotatable bonds is 2. The highest BCUT2D eigenvalue weighted by molar-refractivity contribution is 7.98. The zero-order chi connectivity index (χ0) is 8.27.